The molecule has 1 amide bonds. The van der Waals surface area contributed by atoms with Gasteiger partial charge in [0.05, 0.1) is 6.21 Å². The Balaban J connectivity index is 1.80. The first-order valence-electron chi connectivity index (χ1n) is 6.41. The van der Waals surface area contributed by atoms with E-state index in [4.69, 9.17) is 4.74 Å². The summed E-state index contributed by atoms with van der Waals surface area (Å²) < 4.78 is 6.27. The Morgan fingerprint density at radius 1 is 1.24 bits per heavy atom. The molecule has 0 radical (unpaired) electrons. The normalized spacial score (nSPS) is 10.6. The van der Waals surface area contributed by atoms with Crippen LogP contribution >= 0.6 is 15.9 Å². The largest absolute Gasteiger partial charge is 0.484 e. The van der Waals surface area contributed by atoms with Gasteiger partial charge in [0.2, 0.25) is 0 Å². The van der Waals surface area contributed by atoms with Crippen molar-refractivity contribution in [2.75, 3.05) is 6.61 Å². The number of carbonyl (C=O) groups excluding carboxylic acids is 1. The maximum atomic E-state index is 11.6. The lowest BCUT2D eigenvalue weighted by atomic mass is 10.2. The molecule has 0 fully saturated rings. The van der Waals surface area contributed by atoms with Crippen LogP contribution in [0.25, 0.3) is 0 Å². The van der Waals surface area contributed by atoms with Crippen LogP contribution < -0.4 is 10.2 Å². The molecule has 0 saturated heterocycles. The summed E-state index contributed by atoms with van der Waals surface area (Å²) in [5.41, 5.74) is 4.45. The predicted molar refractivity (Wildman–Crippen MR) is 86.6 cm³/mol. The van der Waals surface area contributed by atoms with Crippen molar-refractivity contribution in [2.24, 2.45) is 5.10 Å². The van der Waals surface area contributed by atoms with E-state index in [1.807, 2.05) is 55.5 Å². The summed E-state index contributed by atoms with van der Waals surface area (Å²) in [6, 6.07) is 15.1. The summed E-state index contributed by atoms with van der Waals surface area (Å²) in [6.45, 7) is 1.92. The zero-order valence-corrected chi connectivity index (χ0v) is 13.1. The van der Waals surface area contributed by atoms with Gasteiger partial charge in [-0.2, -0.15) is 5.10 Å². The lowest BCUT2D eigenvalue weighted by Crippen LogP contribution is -2.24. The second kappa shape index (κ2) is 7.59. The number of benzene rings is 2. The third-order valence-corrected chi connectivity index (χ3v) is 3.41. The average molecular weight is 347 g/mol. The number of halogens is 1. The van der Waals surface area contributed by atoms with Gasteiger partial charge in [-0.25, -0.2) is 5.43 Å². The van der Waals surface area contributed by atoms with E-state index in [2.05, 4.69) is 26.5 Å². The van der Waals surface area contributed by atoms with Gasteiger partial charge in [-0.15, -0.1) is 0 Å². The molecule has 0 aliphatic carbocycles. The van der Waals surface area contributed by atoms with Crippen LogP contribution in [0.5, 0.6) is 5.75 Å². The lowest BCUT2D eigenvalue weighted by Gasteiger charge is -2.05. The zero-order valence-electron chi connectivity index (χ0n) is 11.5. The van der Waals surface area contributed by atoms with E-state index in [1.165, 1.54) is 0 Å². The van der Waals surface area contributed by atoms with Crippen molar-refractivity contribution >= 4 is 28.1 Å². The summed E-state index contributed by atoms with van der Waals surface area (Å²) in [4.78, 5) is 11.6. The van der Waals surface area contributed by atoms with Crippen LogP contribution in [0.15, 0.2) is 58.1 Å². The Labute approximate surface area is 132 Å². The van der Waals surface area contributed by atoms with Crippen molar-refractivity contribution in [2.45, 2.75) is 6.92 Å². The third kappa shape index (κ3) is 5.04. The number of carbonyl (C=O) groups is 1. The minimum absolute atomic E-state index is 0.0731. The fourth-order valence-electron chi connectivity index (χ4n) is 1.57. The van der Waals surface area contributed by atoms with Gasteiger partial charge in [0.15, 0.2) is 6.61 Å². The van der Waals surface area contributed by atoms with Gasteiger partial charge in [-0.1, -0.05) is 51.8 Å². The summed E-state index contributed by atoms with van der Waals surface area (Å²) in [7, 11) is 0. The van der Waals surface area contributed by atoms with Gasteiger partial charge in [-0.3, -0.25) is 4.79 Å². The smallest absolute Gasteiger partial charge is 0.277 e. The summed E-state index contributed by atoms with van der Waals surface area (Å²) in [6.07, 6.45) is 1.58. The summed E-state index contributed by atoms with van der Waals surface area (Å²) in [5.74, 6) is 0.351. The standard InChI is InChI=1S/C16H15BrN2O2/c1-12-6-8-14(9-7-12)21-11-16(20)19-18-10-13-4-2-3-5-15(13)17/h2-10H,11H2,1H3,(H,19,20)/b18-10+. The number of amides is 1. The molecule has 2 aromatic carbocycles. The number of hydrogen-bond acceptors (Lipinski definition) is 3. The van der Waals surface area contributed by atoms with Crippen LogP contribution in [0.4, 0.5) is 0 Å². The number of aryl methyl sites for hydroxylation is 1. The van der Waals surface area contributed by atoms with Crippen molar-refractivity contribution in [1.29, 1.82) is 0 Å². The molecule has 0 saturated carbocycles. The van der Waals surface area contributed by atoms with Crippen molar-refractivity contribution in [3.05, 3.63) is 64.1 Å². The molecular formula is C16H15BrN2O2. The van der Waals surface area contributed by atoms with Crippen LogP contribution in [-0.2, 0) is 4.79 Å². The molecule has 0 heterocycles. The molecule has 0 aliphatic rings. The Hall–Kier alpha value is -2.14. The topological polar surface area (TPSA) is 50.7 Å². The maximum absolute atomic E-state index is 11.6. The van der Waals surface area contributed by atoms with Gasteiger partial charge in [0, 0.05) is 10.0 Å². The van der Waals surface area contributed by atoms with Crippen molar-refractivity contribution < 1.29 is 9.53 Å². The number of ether oxygens (including phenoxy) is 1. The molecule has 108 valence electrons. The number of nitrogens with one attached hydrogen (secondary N) is 1. The Bertz CT molecular complexity index is 639. The Morgan fingerprint density at radius 3 is 2.67 bits per heavy atom. The molecule has 0 spiro atoms. The molecule has 0 unspecified atom stereocenters. The molecule has 5 heteroatoms. The minimum Gasteiger partial charge on any atom is -0.484 e. The molecule has 2 rings (SSSR count). The van der Waals surface area contributed by atoms with Crippen molar-refractivity contribution in [1.82, 2.24) is 5.43 Å². The lowest BCUT2D eigenvalue weighted by molar-refractivity contribution is -0.123. The first-order chi connectivity index (χ1) is 10.1. The molecule has 2 aromatic rings. The second-order valence-corrected chi connectivity index (χ2v) is 5.27. The van der Waals surface area contributed by atoms with E-state index in [9.17, 15) is 4.79 Å². The number of rotatable bonds is 5. The zero-order chi connectivity index (χ0) is 15.1. The van der Waals surface area contributed by atoms with E-state index in [0.717, 1.165) is 15.6 Å². The molecule has 0 atom stereocenters. The highest BCUT2D eigenvalue weighted by molar-refractivity contribution is 9.10. The number of hydrogen-bond donors (Lipinski definition) is 1. The van der Waals surface area contributed by atoms with Crippen molar-refractivity contribution in [3.8, 4) is 5.75 Å². The highest BCUT2D eigenvalue weighted by Gasteiger charge is 2.01. The van der Waals surface area contributed by atoms with Crippen LogP contribution in [0.3, 0.4) is 0 Å². The van der Waals surface area contributed by atoms with Gasteiger partial charge in [0.1, 0.15) is 5.75 Å². The number of hydrazone groups is 1. The van der Waals surface area contributed by atoms with Crippen LogP contribution in [0.1, 0.15) is 11.1 Å². The van der Waals surface area contributed by atoms with E-state index >= 15 is 0 Å². The molecule has 0 bridgehead atoms. The van der Waals surface area contributed by atoms with Crippen molar-refractivity contribution in [3.63, 3.8) is 0 Å². The van der Waals surface area contributed by atoms with Crippen LogP contribution in [0, 0.1) is 6.92 Å². The molecule has 0 aromatic heterocycles. The van der Waals surface area contributed by atoms with E-state index in [0.29, 0.717) is 5.75 Å². The molecule has 1 N–H and O–H groups in total. The van der Waals surface area contributed by atoms with E-state index < -0.39 is 0 Å². The van der Waals surface area contributed by atoms with Crippen LogP contribution in [0.2, 0.25) is 0 Å². The molecular weight excluding hydrogens is 332 g/mol. The molecule has 4 nitrogen and oxygen atoms in total. The van der Waals surface area contributed by atoms with Gasteiger partial charge >= 0.3 is 0 Å². The Morgan fingerprint density at radius 2 is 1.95 bits per heavy atom. The van der Waals surface area contributed by atoms with Crippen LogP contribution in [-0.4, -0.2) is 18.7 Å². The van der Waals surface area contributed by atoms with Gasteiger partial charge < -0.3 is 4.74 Å². The molecule has 0 aliphatic heterocycles. The molecule has 21 heavy (non-hydrogen) atoms. The first-order valence-corrected chi connectivity index (χ1v) is 7.20. The minimum atomic E-state index is -0.307. The predicted octanol–water partition coefficient (Wildman–Crippen LogP) is 3.29. The second-order valence-electron chi connectivity index (χ2n) is 4.42. The fraction of sp³-hybridized carbons (Fsp3) is 0.125. The summed E-state index contributed by atoms with van der Waals surface area (Å²) >= 11 is 3.40. The van der Waals surface area contributed by atoms with Gasteiger partial charge in [0.25, 0.3) is 5.91 Å². The Kier molecular flexibility index (Phi) is 5.51. The highest BCUT2D eigenvalue weighted by atomic mass is 79.9. The highest BCUT2D eigenvalue weighted by Crippen LogP contribution is 2.13. The SMILES string of the molecule is Cc1ccc(OCC(=O)N/N=C/c2ccccc2Br)cc1. The number of nitrogens with zero attached hydrogens (tertiary/aromatic N) is 1. The monoisotopic (exact) mass is 346 g/mol. The summed E-state index contributed by atoms with van der Waals surface area (Å²) in [5, 5.41) is 3.89. The third-order valence-electron chi connectivity index (χ3n) is 2.69. The first kappa shape index (κ1) is 15.3. The van der Waals surface area contributed by atoms with E-state index in [1.54, 1.807) is 6.21 Å². The quantitative estimate of drug-likeness (QED) is 0.667. The van der Waals surface area contributed by atoms with Gasteiger partial charge in [-0.05, 0) is 25.1 Å². The maximum Gasteiger partial charge on any atom is 0.277 e. The van der Waals surface area contributed by atoms with E-state index in [-0.39, 0.29) is 12.5 Å². The average Bonchev–Trinajstić information content (AvgIpc) is 2.49. The fourth-order valence-corrected chi connectivity index (χ4v) is 1.96.